The van der Waals surface area contributed by atoms with Gasteiger partial charge in [0.05, 0.1) is 28.3 Å². The van der Waals surface area contributed by atoms with Gasteiger partial charge in [0.25, 0.3) is 0 Å². The van der Waals surface area contributed by atoms with Gasteiger partial charge in [-0.25, -0.2) is 0 Å². The van der Waals surface area contributed by atoms with Crippen molar-refractivity contribution >= 4 is 23.2 Å². The van der Waals surface area contributed by atoms with Crippen LogP contribution < -0.4 is 10.1 Å². The van der Waals surface area contributed by atoms with Gasteiger partial charge in [-0.3, -0.25) is 4.90 Å². The maximum absolute atomic E-state index is 8.80. The fraction of sp³-hybridized carbons (Fsp3) is 0.409. The highest BCUT2D eigenvalue weighted by Crippen LogP contribution is 2.24. The third kappa shape index (κ3) is 6.39. The number of piperidine rings is 1. The first-order chi connectivity index (χ1) is 13.6. The van der Waals surface area contributed by atoms with Crippen molar-refractivity contribution < 1.29 is 4.74 Å². The lowest BCUT2D eigenvalue weighted by molar-refractivity contribution is 0.189. The molecule has 6 heteroatoms. The van der Waals surface area contributed by atoms with Gasteiger partial charge >= 0.3 is 0 Å². The van der Waals surface area contributed by atoms with E-state index in [1.807, 2.05) is 30.3 Å². The van der Waals surface area contributed by atoms with E-state index < -0.39 is 0 Å². The monoisotopic (exact) mass is 417 g/mol. The normalized spacial score (nSPS) is 15.3. The number of hydrogen-bond acceptors (Lipinski definition) is 4. The van der Waals surface area contributed by atoms with Gasteiger partial charge in [0.1, 0.15) is 5.75 Å². The second-order valence-electron chi connectivity index (χ2n) is 7.09. The summed E-state index contributed by atoms with van der Waals surface area (Å²) in [6, 6.07) is 15.8. The lowest BCUT2D eigenvalue weighted by atomic mass is 10.0. The third-order valence-corrected chi connectivity index (χ3v) is 5.72. The second-order valence-corrected chi connectivity index (χ2v) is 7.91. The molecule has 1 fully saturated rings. The van der Waals surface area contributed by atoms with Gasteiger partial charge in [0.2, 0.25) is 0 Å². The quantitative estimate of drug-likeness (QED) is 0.621. The summed E-state index contributed by atoms with van der Waals surface area (Å²) < 4.78 is 5.72. The van der Waals surface area contributed by atoms with Gasteiger partial charge in [0.15, 0.2) is 0 Å². The van der Waals surface area contributed by atoms with E-state index in [4.69, 9.17) is 33.2 Å². The first kappa shape index (κ1) is 21.0. The molecule has 2 aromatic rings. The van der Waals surface area contributed by atoms with Crippen LogP contribution in [-0.4, -0.2) is 37.2 Å². The molecule has 0 unspecified atom stereocenters. The van der Waals surface area contributed by atoms with Crippen molar-refractivity contribution in [3.8, 4) is 11.8 Å². The second kappa shape index (κ2) is 10.7. The Balaban J connectivity index is 1.29. The fourth-order valence-corrected chi connectivity index (χ4v) is 3.71. The van der Waals surface area contributed by atoms with E-state index in [9.17, 15) is 0 Å². The van der Waals surface area contributed by atoms with E-state index >= 15 is 0 Å². The van der Waals surface area contributed by atoms with E-state index in [1.54, 1.807) is 12.1 Å². The molecule has 0 spiro atoms. The van der Waals surface area contributed by atoms with Crippen LogP contribution in [-0.2, 0) is 6.54 Å². The highest BCUT2D eigenvalue weighted by Gasteiger charge is 2.18. The molecule has 0 bridgehead atoms. The first-order valence-corrected chi connectivity index (χ1v) is 10.4. The lowest BCUT2D eigenvalue weighted by Crippen LogP contribution is -2.42. The molecule has 0 amide bonds. The molecule has 28 heavy (non-hydrogen) atoms. The van der Waals surface area contributed by atoms with Gasteiger partial charge < -0.3 is 10.1 Å². The Morgan fingerprint density at radius 3 is 2.50 bits per heavy atom. The summed E-state index contributed by atoms with van der Waals surface area (Å²) in [5.74, 6) is 0.814. The topological polar surface area (TPSA) is 48.3 Å². The molecule has 148 valence electrons. The number of benzene rings is 2. The predicted octanol–water partition coefficient (Wildman–Crippen LogP) is 4.89. The number of nitrogens with zero attached hydrogens (tertiary/aromatic N) is 2. The van der Waals surface area contributed by atoms with Crippen molar-refractivity contribution in [1.29, 1.82) is 5.26 Å². The molecule has 1 saturated heterocycles. The maximum atomic E-state index is 8.80. The number of likely N-dealkylation sites (tertiary alicyclic amines) is 1. The van der Waals surface area contributed by atoms with Crippen molar-refractivity contribution in [2.45, 2.75) is 31.8 Å². The molecule has 1 aliphatic heterocycles. The van der Waals surface area contributed by atoms with Crippen molar-refractivity contribution in [2.24, 2.45) is 0 Å². The smallest absolute Gasteiger partial charge is 0.119 e. The number of rotatable bonds is 8. The Labute approximate surface area is 177 Å². The highest BCUT2D eigenvalue weighted by atomic mass is 35.5. The number of hydrogen-bond donors (Lipinski definition) is 1. The minimum Gasteiger partial charge on any atom is -0.494 e. The zero-order valence-corrected chi connectivity index (χ0v) is 17.3. The van der Waals surface area contributed by atoms with Gasteiger partial charge in [-0.2, -0.15) is 5.26 Å². The molecule has 2 aromatic carbocycles. The number of ether oxygens (including phenoxy) is 1. The molecule has 0 aliphatic carbocycles. The van der Waals surface area contributed by atoms with Crippen LogP contribution in [0.2, 0.25) is 10.0 Å². The third-order valence-electron chi connectivity index (χ3n) is 4.98. The summed E-state index contributed by atoms with van der Waals surface area (Å²) >= 11 is 12.1. The van der Waals surface area contributed by atoms with Gasteiger partial charge in [-0.1, -0.05) is 29.3 Å². The number of halogens is 2. The SMILES string of the molecule is N#Cc1ccc(OCCCNC2CCN(Cc3ccc(Cl)c(Cl)c3)CC2)cc1. The summed E-state index contributed by atoms with van der Waals surface area (Å²) in [5.41, 5.74) is 1.86. The molecule has 0 saturated carbocycles. The largest absolute Gasteiger partial charge is 0.494 e. The Morgan fingerprint density at radius 1 is 1.07 bits per heavy atom. The van der Waals surface area contributed by atoms with E-state index in [-0.39, 0.29) is 0 Å². The molecular formula is C22H25Cl2N3O. The highest BCUT2D eigenvalue weighted by molar-refractivity contribution is 6.42. The predicted molar refractivity (Wildman–Crippen MR) is 114 cm³/mol. The van der Waals surface area contributed by atoms with E-state index in [1.165, 1.54) is 5.56 Å². The van der Waals surface area contributed by atoms with E-state index in [0.29, 0.717) is 28.3 Å². The zero-order valence-electron chi connectivity index (χ0n) is 15.8. The summed E-state index contributed by atoms with van der Waals surface area (Å²) in [6.45, 7) is 4.71. The number of nitriles is 1. The van der Waals surface area contributed by atoms with Crippen LogP contribution in [0.15, 0.2) is 42.5 Å². The van der Waals surface area contributed by atoms with Gasteiger partial charge in [0, 0.05) is 12.6 Å². The van der Waals surface area contributed by atoms with Crippen LogP contribution in [0.25, 0.3) is 0 Å². The average molecular weight is 418 g/mol. The Hall–Kier alpha value is -1.77. The van der Waals surface area contributed by atoms with E-state index in [0.717, 1.165) is 51.2 Å². The molecule has 0 radical (unpaired) electrons. The van der Waals surface area contributed by atoms with Crippen molar-refractivity contribution in [3.63, 3.8) is 0 Å². The average Bonchev–Trinajstić information content (AvgIpc) is 2.72. The van der Waals surface area contributed by atoms with Crippen molar-refractivity contribution in [1.82, 2.24) is 10.2 Å². The minimum absolute atomic E-state index is 0.569. The Morgan fingerprint density at radius 2 is 1.82 bits per heavy atom. The standard InChI is InChI=1S/C22H25Cl2N3O/c23-21-7-4-18(14-22(21)24)16-27-11-8-19(9-12-27)26-10-1-13-28-20-5-2-17(15-25)3-6-20/h2-7,14,19,26H,1,8-13,16H2. The molecule has 1 heterocycles. The van der Waals surface area contributed by atoms with Crippen LogP contribution in [0, 0.1) is 11.3 Å². The maximum Gasteiger partial charge on any atom is 0.119 e. The molecule has 1 aliphatic rings. The van der Waals surface area contributed by atoms with Gasteiger partial charge in [-0.05, 0) is 80.9 Å². The number of nitrogens with one attached hydrogen (secondary N) is 1. The summed E-state index contributed by atoms with van der Waals surface area (Å²) in [4.78, 5) is 2.46. The molecule has 3 rings (SSSR count). The summed E-state index contributed by atoms with van der Waals surface area (Å²) in [6.07, 6.45) is 3.26. The molecular weight excluding hydrogens is 393 g/mol. The molecule has 4 nitrogen and oxygen atoms in total. The van der Waals surface area contributed by atoms with Crippen LogP contribution in [0.5, 0.6) is 5.75 Å². The van der Waals surface area contributed by atoms with Crippen molar-refractivity contribution in [3.05, 3.63) is 63.6 Å². The van der Waals surface area contributed by atoms with Gasteiger partial charge in [-0.15, -0.1) is 0 Å². The summed E-state index contributed by atoms with van der Waals surface area (Å²) in [5, 5.41) is 13.7. The zero-order chi connectivity index (χ0) is 19.8. The Kier molecular flexibility index (Phi) is 8.00. The Bertz CT molecular complexity index is 796. The van der Waals surface area contributed by atoms with Crippen LogP contribution in [0.4, 0.5) is 0 Å². The summed E-state index contributed by atoms with van der Waals surface area (Å²) in [7, 11) is 0. The van der Waals surface area contributed by atoms with Crippen LogP contribution in [0.3, 0.4) is 0 Å². The lowest BCUT2D eigenvalue weighted by Gasteiger charge is -2.32. The first-order valence-electron chi connectivity index (χ1n) is 9.66. The molecule has 1 N–H and O–H groups in total. The minimum atomic E-state index is 0.569. The van der Waals surface area contributed by atoms with Crippen LogP contribution in [0.1, 0.15) is 30.4 Å². The fourth-order valence-electron chi connectivity index (χ4n) is 3.39. The van der Waals surface area contributed by atoms with Crippen molar-refractivity contribution in [2.75, 3.05) is 26.2 Å². The molecule has 0 atom stereocenters. The molecule has 0 aromatic heterocycles. The van der Waals surface area contributed by atoms with E-state index in [2.05, 4.69) is 16.3 Å². The van der Waals surface area contributed by atoms with Crippen LogP contribution >= 0.6 is 23.2 Å².